The molecule has 7 heteroatoms. The summed E-state index contributed by atoms with van der Waals surface area (Å²) in [5.41, 5.74) is 2.65. The van der Waals surface area contributed by atoms with Gasteiger partial charge in [0.2, 0.25) is 5.91 Å². The fourth-order valence-electron chi connectivity index (χ4n) is 2.55. The lowest BCUT2D eigenvalue weighted by Gasteiger charge is -2.05. The maximum absolute atomic E-state index is 12.3. The summed E-state index contributed by atoms with van der Waals surface area (Å²) in [7, 11) is 2.49. The van der Waals surface area contributed by atoms with Crippen molar-refractivity contribution in [3.63, 3.8) is 0 Å². The summed E-state index contributed by atoms with van der Waals surface area (Å²) in [6, 6.07) is 7.90. The highest BCUT2D eigenvalue weighted by molar-refractivity contribution is 7.18. The number of carbonyl (C=O) groups is 3. The number of thiophene rings is 1. The maximum atomic E-state index is 12.3. The van der Waals surface area contributed by atoms with Crippen LogP contribution in [0.2, 0.25) is 0 Å². The minimum atomic E-state index is -0.632. The highest BCUT2D eigenvalue weighted by Crippen LogP contribution is 2.34. The van der Waals surface area contributed by atoms with Crippen molar-refractivity contribution < 1.29 is 23.9 Å². The van der Waals surface area contributed by atoms with Gasteiger partial charge in [0.05, 0.1) is 19.8 Å². The van der Waals surface area contributed by atoms with Crippen molar-refractivity contribution in [1.82, 2.24) is 0 Å². The van der Waals surface area contributed by atoms with Crippen LogP contribution in [0.1, 0.15) is 56.5 Å². The molecule has 0 unspecified atom stereocenters. The van der Waals surface area contributed by atoms with Gasteiger partial charge in [-0.15, -0.1) is 11.3 Å². The number of anilines is 1. The van der Waals surface area contributed by atoms with E-state index in [2.05, 4.69) is 19.2 Å². The largest absolute Gasteiger partial charge is 0.465 e. The average Bonchev–Trinajstić information content (AvgIpc) is 3.01. The monoisotopic (exact) mass is 401 g/mol. The number of carbonyl (C=O) groups excluding carboxylic acids is 3. The zero-order chi connectivity index (χ0) is 20.8. The topological polar surface area (TPSA) is 81.7 Å². The smallest absolute Gasteiger partial charge is 0.348 e. The lowest BCUT2D eigenvalue weighted by Crippen LogP contribution is -2.11. The Kier molecular flexibility index (Phi) is 7.12. The second-order valence-corrected chi connectivity index (χ2v) is 7.41. The van der Waals surface area contributed by atoms with Crippen molar-refractivity contribution in [1.29, 1.82) is 0 Å². The van der Waals surface area contributed by atoms with Crippen molar-refractivity contribution in [2.45, 2.75) is 26.7 Å². The molecule has 2 rings (SSSR count). The third-order valence-electron chi connectivity index (χ3n) is 4.17. The fourth-order valence-corrected chi connectivity index (χ4v) is 3.67. The van der Waals surface area contributed by atoms with Crippen molar-refractivity contribution in [2.75, 3.05) is 19.5 Å². The zero-order valence-electron chi connectivity index (χ0n) is 16.5. The maximum Gasteiger partial charge on any atom is 0.348 e. The van der Waals surface area contributed by atoms with Gasteiger partial charge in [0, 0.05) is 6.08 Å². The molecule has 28 heavy (non-hydrogen) atoms. The Morgan fingerprint density at radius 1 is 1.04 bits per heavy atom. The quantitative estimate of drug-likeness (QED) is 0.573. The number of esters is 2. The molecule has 0 spiro atoms. The number of benzene rings is 1. The van der Waals surface area contributed by atoms with E-state index in [9.17, 15) is 14.4 Å². The molecule has 0 radical (unpaired) electrons. The van der Waals surface area contributed by atoms with E-state index in [0.717, 1.165) is 16.9 Å². The first-order valence-corrected chi connectivity index (χ1v) is 9.49. The van der Waals surface area contributed by atoms with Crippen molar-refractivity contribution in [3.8, 4) is 0 Å². The highest BCUT2D eigenvalue weighted by atomic mass is 32.1. The van der Waals surface area contributed by atoms with E-state index in [0.29, 0.717) is 11.5 Å². The Morgan fingerprint density at radius 2 is 1.64 bits per heavy atom. The second kappa shape index (κ2) is 9.32. The highest BCUT2D eigenvalue weighted by Gasteiger charge is 2.26. The van der Waals surface area contributed by atoms with Gasteiger partial charge >= 0.3 is 11.9 Å². The normalized spacial score (nSPS) is 10.9. The molecular formula is C21H23NO5S. The van der Waals surface area contributed by atoms with E-state index in [1.807, 2.05) is 24.3 Å². The van der Waals surface area contributed by atoms with Crippen LogP contribution in [-0.2, 0) is 14.3 Å². The fraction of sp³-hybridized carbons (Fsp3) is 0.286. The Morgan fingerprint density at radius 3 is 2.18 bits per heavy atom. The van der Waals surface area contributed by atoms with E-state index in [4.69, 9.17) is 9.47 Å². The van der Waals surface area contributed by atoms with Crippen LogP contribution < -0.4 is 5.32 Å². The van der Waals surface area contributed by atoms with Crippen LogP contribution in [0.25, 0.3) is 6.08 Å². The Labute approximate surface area is 168 Å². The van der Waals surface area contributed by atoms with Crippen LogP contribution in [0, 0.1) is 6.92 Å². The summed E-state index contributed by atoms with van der Waals surface area (Å²) in [6.45, 7) is 5.84. The van der Waals surface area contributed by atoms with E-state index >= 15 is 0 Å². The van der Waals surface area contributed by atoms with E-state index in [1.165, 1.54) is 25.9 Å². The molecule has 1 aromatic carbocycles. The number of amides is 1. The van der Waals surface area contributed by atoms with E-state index in [-0.39, 0.29) is 15.4 Å². The number of nitrogens with one attached hydrogen (secondary N) is 1. The Bertz CT molecular complexity index is 910. The first-order valence-electron chi connectivity index (χ1n) is 8.67. The molecule has 1 aromatic heterocycles. The van der Waals surface area contributed by atoms with Crippen molar-refractivity contribution in [2.24, 2.45) is 0 Å². The van der Waals surface area contributed by atoms with E-state index < -0.39 is 17.8 Å². The van der Waals surface area contributed by atoms with Crippen LogP contribution in [-0.4, -0.2) is 32.1 Å². The van der Waals surface area contributed by atoms with E-state index in [1.54, 1.807) is 13.0 Å². The standard InChI is InChI=1S/C21H23NO5S/c1-12(2)15-9-6-14(7-10-15)8-11-16(23)22-19-17(20(24)26-4)13(3)18(28-19)21(25)27-5/h6-12H,1-5H3,(H,22,23)/b11-8+. The number of rotatable bonds is 6. The molecule has 1 amide bonds. The van der Waals surface area contributed by atoms with Crippen molar-refractivity contribution in [3.05, 3.63) is 57.5 Å². The first-order chi connectivity index (χ1) is 13.3. The summed E-state index contributed by atoms with van der Waals surface area (Å²) in [4.78, 5) is 36.5. The molecule has 1 heterocycles. The Balaban J connectivity index is 2.22. The van der Waals surface area contributed by atoms with Crippen LogP contribution in [0.15, 0.2) is 30.3 Å². The average molecular weight is 401 g/mol. The number of ether oxygens (including phenoxy) is 2. The van der Waals surface area contributed by atoms with Gasteiger partial charge < -0.3 is 14.8 Å². The summed E-state index contributed by atoms with van der Waals surface area (Å²) in [6.07, 6.45) is 3.05. The van der Waals surface area contributed by atoms with Crippen molar-refractivity contribution >= 4 is 40.3 Å². The molecule has 1 N–H and O–H groups in total. The molecule has 0 aliphatic carbocycles. The molecule has 2 aromatic rings. The predicted octanol–water partition coefficient (Wildman–Crippen LogP) is 4.41. The SMILES string of the molecule is COC(=O)c1sc(NC(=O)/C=C/c2ccc(C(C)C)cc2)c(C(=O)OC)c1C. The van der Waals surface area contributed by atoms with Crippen LogP contribution in [0.3, 0.4) is 0 Å². The molecule has 0 atom stereocenters. The summed E-state index contributed by atoms with van der Waals surface area (Å²) in [5, 5.41) is 2.89. The minimum absolute atomic E-state index is 0.149. The molecule has 148 valence electrons. The van der Waals surface area contributed by atoms with Gasteiger partial charge in [0.25, 0.3) is 0 Å². The van der Waals surface area contributed by atoms with Crippen LogP contribution in [0.5, 0.6) is 0 Å². The third-order valence-corrected chi connectivity index (χ3v) is 5.36. The molecule has 0 saturated carbocycles. The molecule has 0 aliphatic heterocycles. The van der Waals surface area contributed by atoms with Gasteiger partial charge in [0.15, 0.2) is 0 Å². The van der Waals surface area contributed by atoms with Gasteiger partial charge in [-0.25, -0.2) is 9.59 Å². The molecule has 0 fully saturated rings. The summed E-state index contributed by atoms with van der Waals surface area (Å²) in [5.74, 6) is -1.19. The molecule has 6 nitrogen and oxygen atoms in total. The molecule has 0 saturated heterocycles. The zero-order valence-corrected chi connectivity index (χ0v) is 17.3. The summed E-state index contributed by atoms with van der Waals surface area (Å²) >= 11 is 0.976. The van der Waals surface area contributed by atoms with Gasteiger partial charge in [-0.3, -0.25) is 4.79 Å². The number of methoxy groups -OCH3 is 2. The summed E-state index contributed by atoms with van der Waals surface area (Å²) < 4.78 is 9.50. The molecule has 0 aliphatic rings. The van der Waals surface area contributed by atoms with Crippen LogP contribution in [0.4, 0.5) is 5.00 Å². The Hall–Kier alpha value is -2.93. The van der Waals surface area contributed by atoms with Gasteiger partial charge in [-0.1, -0.05) is 38.1 Å². The lowest BCUT2D eigenvalue weighted by molar-refractivity contribution is -0.111. The number of hydrogen-bond acceptors (Lipinski definition) is 6. The second-order valence-electron chi connectivity index (χ2n) is 6.39. The van der Waals surface area contributed by atoms with Gasteiger partial charge in [0.1, 0.15) is 9.88 Å². The lowest BCUT2D eigenvalue weighted by atomic mass is 10.0. The third kappa shape index (κ3) is 4.86. The predicted molar refractivity (Wildman–Crippen MR) is 110 cm³/mol. The van der Waals surface area contributed by atoms with Gasteiger partial charge in [-0.05, 0) is 35.6 Å². The molecular weight excluding hydrogens is 378 g/mol. The van der Waals surface area contributed by atoms with Crippen LogP contribution >= 0.6 is 11.3 Å². The molecule has 0 bridgehead atoms. The number of hydrogen-bond donors (Lipinski definition) is 1. The van der Waals surface area contributed by atoms with Gasteiger partial charge in [-0.2, -0.15) is 0 Å². The first kappa shape index (κ1) is 21.4. The minimum Gasteiger partial charge on any atom is -0.465 e.